The fourth-order valence-electron chi connectivity index (χ4n) is 1.71. The van der Waals surface area contributed by atoms with Crippen LogP contribution >= 0.6 is 0 Å². The summed E-state index contributed by atoms with van der Waals surface area (Å²) in [5.74, 6) is 0.904. The summed E-state index contributed by atoms with van der Waals surface area (Å²) in [5.41, 5.74) is 1.12. The van der Waals surface area contributed by atoms with E-state index in [-0.39, 0.29) is 12.3 Å². The molecule has 6 heteroatoms. The van der Waals surface area contributed by atoms with E-state index < -0.39 is 10.0 Å². The third-order valence-electron chi connectivity index (χ3n) is 2.70. The maximum atomic E-state index is 11.7. The van der Waals surface area contributed by atoms with Crippen LogP contribution in [0.1, 0.15) is 18.9 Å². The molecule has 0 aliphatic rings. The second-order valence-electron chi connectivity index (χ2n) is 4.59. The highest BCUT2D eigenvalue weighted by molar-refractivity contribution is 7.89. The average Bonchev–Trinajstić information content (AvgIpc) is 2.40. The van der Waals surface area contributed by atoms with E-state index in [0.29, 0.717) is 13.0 Å². The number of hydrogen-bond acceptors (Lipinski definition) is 4. The van der Waals surface area contributed by atoms with Gasteiger partial charge in [-0.3, -0.25) is 0 Å². The number of nitrogens with one attached hydrogen (secondary N) is 2. The summed E-state index contributed by atoms with van der Waals surface area (Å²) in [6.45, 7) is 6.18. The third kappa shape index (κ3) is 7.47. The van der Waals surface area contributed by atoms with Crippen molar-refractivity contribution >= 4 is 10.0 Å². The maximum Gasteiger partial charge on any atom is 0.211 e. The molecule has 114 valence electrons. The molecule has 0 bridgehead atoms. The Bertz CT molecular complexity index is 489. The Morgan fingerprint density at radius 1 is 1.25 bits per heavy atom. The summed E-state index contributed by atoms with van der Waals surface area (Å²) in [7, 11) is -3.19. The zero-order valence-corrected chi connectivity index (χ0v) is 13.0. The fraction of sp³-hybridized carbons (Fsp3) is 0.571. The quantitative estimate of drug-likeness (QED) is 0.639. The molecule has 5 nitrogen and oxygen atoms in total. The highest BCUT2D eigenvalue weighted by Gasteiger charge is 2.08. The van der Waals surface area contributed by atoms with Gasteiger partial charge in [-0.15, -0.1) is 0 Å². The normalized spacial score (nSPS) is 11.5. The molecule has 0 unspecified atom stereocenters. The number of ether oxygens (including phenoxy) is 1. The molecule has 0 amide bonds. The lowest BCUT2D eigenvalue weighted by Crippen LogP contribution is -2.31. The Hall–Kier alpha value is -1.11. The zero-order chi connectivity index (χ0) is 14.8. The molecule has 0 aliphatic carbocycles. The summed E-state index contributed by atoms with van der Waals surface area (Å²) < 4.78 is 31.4. The molecule has 0 saturated heterocycles. The molecular formula is C14H24N2O3S. The van der Waals surface area contributed by atoms with Gasteiger partial charge >= 0.3 is 0 Å². The first kappa shape index (κ1) is 16.9. The second-order valence-corrected chi connectivity index (χ2v) is 6.51. The Kier molecular flexibility index (Phi) is 7.58. The first-order chi connectivity index (χ1) is 9.53. The van der Waals surface area contributed by atoms with E-state index in [2.05, 4.69) is 10.0 Å². The Morgan fingerprint density at radius 2 is 2.05 bits per heavy atom. The van der Waals surface area contributed by atoms with Crippen LogP contribution in [0.2, 0.25) is 0 Å². The third-order valence-corrected chi connectivity index (χ3v) is 4.17. The number of benzene rings is 1. The van der Waals surface area contributed by atoms with Gasteiger partial charge in [-0.05, 0) is 44.1 Å². The molecule has 0 fully saturated rings. The minimum atomic E-state index is -3.19. The van der Waals surface area contributed by atoms with Crippen LogP contribution in [0.25, 0.3) is 0 Å². The van der Waals surface area contributed by atoms with Gasteiger partial charge in [0.2, 0.25) is 10.0 Å². The van der Waals surface area contributed by atoms with E-state index in [9.17, 15) is 8.42 Å². The van der Waals surface area contributed by atoms with Crippen LogP contribution in [-0.4, -0.2) is 40.4 Å². The minimum Gasteiger partial charge on any atom is -0.492 e. The molecule has 1 rings (SSSR count). The molecule has 0 aliphatic heterocycles. The van der Waals surface area contributed by atoms with Gasteiger partial charge in [-0.25, -0.2) is 13.1 Å². The van der Waals surface area contributed by atoms with Crippen LogP contribution in [0, 0.1) is 6.92 Å². The van der Waals surface area contributed by atoms with Crippen molar-refractivity contribution in [2.45, 2.75) is 20.3 Å². The first-order valence-electron chi connectivity index (χ1n) is 6.91. The SMILES string of the molecule is CCNCCCS(=O)(=O)NCCOc1cccc(C)c1. The highest BCUT2D eigenvalue weighted by atomic mass is 32.2. The van der Waals surface area contributed by atoms with Crippen LogP contribution in [0.4, 0.5) is 0 Å². The summed E-state index contributed by atoms with van der Waals surface area (Å²) in [5, 5.41) is 3.10. The van der Waals surface area contributed by atoms with Gasteiger partial charge in [0.05, 0.1) is 5.75 Å². The molecule has 0 heterocycles. The Labute approximate surface area is 121 Å². The van der Waals surface area contributed by atoms with Crippen molar-refractivity contribution in [3.8, 4) is 5.75 Å². The fourth-order valence-corrected chi connectivity index (χ4v) is 2.77. The summed E-state index contributed by atoms with van der Waals surface area (Å²) >= 11 is 0. The van der Waals surface area contributed by atoms with E-state index in [4.69, 9.17) is 4.74 Å². The van der Waals surface area contributed by atoms with Crippen molar-refractivity contribution in [2.24, 2.45) is 0 Å². The van der Waals surface area contributed by atoms with Crippen LogP contribution in [-0.2, 0) is 10.0 Å². The monoisotopic (exact) mass is 300 g/mol. The van der Waals surface area contributed by atoms with E-state index in [1.165, 1.54) is 0 Å². The van der Waals surface area contributed by atoms with Crippen molar-refractivity contribution in [1.82, 2.24) is 10.0 Å². The van der Waals surface area contributed by atoms with Gasteiger partial charge in [-0.2, -0.15) is 0 Å². The number of hydrogen-bond donors (Lipinski definition) is 2. The number of sulfonamides is 1. The lowest BCUT2D eigenvalue weighted by molar-refractivity contribution is 0.322. The summed E-state index contributed by atoms with van der Waals surface area (Å²) in [6, 6.07) is 7.68. The molecule has 0 atom stereocenters. The molecule has 0 saturated carbocycles. The molecular weight excluding hydrogens is 276 g/mol. The van der Waals surface area contributed by atoms with Crippen molar-refractivity contribution in [3.05, 3.63) is 29.8 Å². The van der Waals surface area contributed by atoms with Crippen molar-refractivity contribution in [2.75, 3.05) is 32.0 Å². The van der Waals surface area contributed by atoms with E-state index in [0.717, 1.165) is 24.4 Å². The average molecular weight is 300 g/mol. The topological polar surface area (TPSA) is 67.4 Å². The van der Waals surface area contributed by atoms with Crippen LogP contribution < -0.4 is 14.8 Å². The molecule has 1 aromatic carbocycles. The predicted molar refractivity (Wildman–Crippen MR) is 81.6 cm³/mol. The molecule has 1 aromatic rings. The van der Waals surface area contributed by atoms with Crippen LogP contribution in [0.15, 0.2) is 24.3 Å². The highest BCUT2D eigenvalue weighted by Crippen LogP contribution is 2.11. The number of rotatable bonds is 10. The molecule has 0 aromatic heterocycles. The van der Waals surface area contributed by atoms with E-state index in [1.54, 1.807) is 0 Å². The van der Waals surface area contributed by atoms with Crippen molar-refractivity contribution < 1.29 is 13.2 Å². The van der Waals surface area contributed by atoms with E-state index in [1.807, 2.05) is 38.1 Å². The first-order valence-corrected chi connectivity index (χ1v) is 8.56. The van der Waals surface area contributed by atoms with E-state index >= 15 is 0 Å². The molecule has 0 spiro atoms. The largest absolute Gasteiger partial charge is 0.492 e. The van der Waals surface area contributed by atoms with Crippen molar-refractivity contribution in [3.63, 3.8) is 0 Å². The lowest BCUT2D eigenvalue weighted by atomic mass is 10.2. The molecule has 2 N–H and O–H groups in total. The zero-order valence-electron chi connectivity index (χ0n) is 12.2. The van der Waals surface area contributed by atoms with Crippen molar-refractivity contribution in [1.29, 1.82) is 0 Å². The van der Waals surface area contributed by atoms with Crippen LogP contribution in [0.5, 0.6) is 5.75 Å². The maximum absolute atomic E-state index is 11.7. The van der Waals surface area contributed by atoms with Crippen LogP contribution in [0.3, 0.4) is 0 Å². The summed E-state index contributed by atoms with van der Waals surface area (Å²) in [4.78, 5) is 0. The Balaban J connectivity index is 2.19. The standard InChI is InChI=1S/C14H24N2O3S/c1-3-15-8-5-11-20(17,18)16-9-10-19-14-7-4-6-13(2)12-14/h4,6-7,12,15-16H,3,5,8-11H2,1-2H3. The molecule has 20 heavy (non-hydrogen) atoms. The van der Waals surface area contributed by atoms with Gasteiger partial charge in [0.15, 0.2) is 0 Å². The van der Waals surface area contributed by atoms with Gasteiger partial charge < -0.3 is 10.1 Å². The molecule has 0 radical (unpaired) electrons. The summed E-state index contributed by atoms with van der Waals surface area (Å²) in [6.07, 6.45) is 0.613. The predicted octanol–water partition coefficient (Wildman–Crippen LogP) is 1.29. The van der Waals surface area contributed by atoms with Gasteiger partial charge in [0, 0.05) is 6.54 Å². The second kappa shape index (κ2) is 8.94. The smallest absolute Gasteiger partial charge is 0.211 e. The van der Waals surface area contributed by atoms with Gasteiger partial charge in [0.25, 0.3) is 0 Å². The minimum absolute atomic E-state index is 0.143. The Morgan fingerprint density at radius 3 is 2.75 bits per heavy atom. The van der Waals surface area contributed by atoms with Gasteiger partial charge in [-0.1, -0.05) is 19.1 Å². The lowest BCUT2D eigenvalue weighted by Gasteiger charge is -2.09. The number of aryl methyl sites for hydroxylation is 1. The van der Waals surface area contributed by atoms with Gasteiger partial charge in [0.1, 0.15) is 12.4 Å².